The number of fused-ring (bicyclic) bond motifs is 16. The average Bonchev–Trinajstić information content (AvgIpc) is 4.01. The van der Waals surface area contributed by atoms with Gasteiger partial charge in [-0.05, 0) is 70.1 Å². The number of rotatable bonds is 2. The molecule has 0 bridgehead atoms. The molecule has 4 heterocycles. The van der Waals surface area contributed by atoms with Crippen LogP contribution in [0.5, 0.6) is 0 Å². The number of hydrogen-bond acceptors (Lipinski definition) is 4. The van der Waals surface area contributed by atoms with Crippen molar-refractivity contribution >= 4 is 109 Å². The Balaban J connectivity index is 1.09. The summed E-state index contributed by atoms with van der Waals surface area (Å²) in [5, 5.41) is 34.9. The molecule has 0 unspecified atom stereocenters. The van der Waals surface area contributed by atoms with Gasteiger partial charge in [0.2, 0.25) is 0 Å². The molecule has 6 heteroatoms. The zero-order chi connectivity index (χ0) is 38.2. The minimum absolute atomic E-state index is 0.439. The van der Waals surface area contributed by atoms with E-state index in [1.807, 2.05) is 48.5 Å². The molecule has 0 radical (unpaired) electrons. The number of furan rings is 2. The van der Waals surface area contributed by atoms with E-state index in [1.54, 1.807) is 0 Å². The lowest BCUT2D eigenvalue weighted by Crippen LogP contribution is -2.04. The van der Waals surface area contributed by atoms with E-state index in [4.69, 9.17) is 8.83 Å². The second-order valence-electron chi connectivity index (χ2n) is 15.1. The summed E-state index contributed by atoms with van der Waals surface area (Å²) in [5.74, 6) is 0. The van der Waals surface area contributed by atoms with Crippen molar-refractivity contribution in [2.24, 2.45) is 0 Å². The van der Waals surface area contributed by atoms with Crippen molar-refractivity contribution in [3.8, 4) is 23.5 Å². The van der Waals surface area contributed by atoms with Gasteiger partial charge in [0.1, 0.15) is 34.5 Å². The third-order valence-electron chi connectivity index (χ3n) is 12.1. The van der Waals surface area contributed by atoms with Gasteiger partial charge >= 0.3 is 0 Å². The lowest BCUT2D eigenvalue weighted by atomic mass is 10.0. The summed E-state index contributed by atoms with van der Waals surface area (Å²) >= 11 is 0. The predicted octanol–water partition coefficient (Wildman–Crippen LogP) is 13.7. The minimum Gasteiger partial charge on any atom is -0.456 e. The quantitative estimate of drug-likeness (QED) is 0.177. The number of aromatic nitrogens is 2. The van der Waals surface area contributed by atoms with Crippen LogP contribution in [0.1, 0.15) is 11.1 Å². The lowest BCUT2D eigenvalue weighted by molar-refractivity contribution is 0.669. The maximum absolute atomic E-state index is 11.0. The molecule has 0 aliphatic rings. The van der Waals surface area contributed by atoms with E-state index >= 15 is 0 Å². The van der Waals surface area contributed by atoms with Crippen LogP contribution in [0.4, 0.5) is 0 Å². The third-order valence-corrected chi connectivity index (χ3v) is 12.1. The highest BCUT2D eigenvalue weighted by Gasteiger charge is 2.23. The zero-order valence-electron chi connectivity index (χ0n) is 30.6. The molecule has 0 spiro atoms. The molecule has 0 N–H and O–H groups in total. The van der Waals surface area contributed by atoms with Crippen molar-refractivity contribution in [2.45, 2.75) is 0 Å². The number of para-hydroxylation sites is 2. The maximum atomic E-state index is 11.0. The third kappa shape index (κ3) is 3.97. The summed E-state index contributed by atoms with van der Waals surface area (Å²) in [6.07, 6.45) is 0. The van der Waals surface area contributed by atoms with E-state index in [0.29, 0.717) is 22.5 Å². The topological polar surface area (TPSA) is 83.7 Å². The van der Waals surface area contributed by atoms with E-state index in [9.17, 15) is 10.5 Å². The lowest BCUT2D eigenvalue weighted by Gasteiger charge is -2.15. The Hall–Kier alpha value is -8.32. The highest BCUT2D eigenvalue weighted by atomic mass is 16.3. The summed E-state index contributed by atoms with van der Waals surface area (Å²) in [7, 11) is 0. The Kier molecular flexibility index (Phi) is 5.94. The minimum atomic E-state index is 0.439. The fourth-order valence-corrected chi connectivity index (χ4v) is 9.66. The van der Waals surface area contributed by atoms with Gasteiger partial charge in [0, 0.05) is 55.2 Å². The Bertz CT molecular complexity index is 3800. The summed E-state index contributed by atoms with van der Waals surface area (Å²) in [5.41, 5.74) is 8.95. The zero-order valence-corrected chi connectivity index (χ0v) is 30.6. The fourth-order valence-electron chi connectivity index (χ4n) is 9.66. The highest BCUT2D eigenvalue weighted by Crippen LogP contribution is 2.44. The predicted molar refractivity (Wildman–Crippen MR) is 234 cm³/mol. The highest BCUT2D eigenvalue weighted by molar-refractivity contribution is 6.25. The second-order valence-corrected chi connectivity index (χ2v) is 15.1. The number of nitriles is 2. The van der Waals surface area contributed by atoms with E-state index in [0.717, 1.165) is 109 Å². The first kappa shape index (κ1) is 30.9. The molecule has 0 fully saturated rings. The van der Waals surface area contributed by atoms with Gasteiger partial charge in [0.05, 0.1) is 44.6 Å². The van der Waals surface area contributed by atoms with Crippen LogP contribution < -0.4 is 0 Å². The van der Waals surface area contributed by atoms with Gasteiger partial charge in [-0.1, -0.05) is 97.1 Å². The Labute approximate surface area is 328 Å². The normalized spacial score (nSPS) is 12.1. The van der Waals surface area contributed by atoms with Crippen molar-refractivity contribution in [1.29, 1.82) is 10.5 Å². The largest absolute Gasteiger partial charge is 0.456 e. The molecule has 13 rings (SSSR count). The fraction of sp³-hybridized carbons (Fsp3) is 0. The first-order valence-corrected chi connectivity index (χ1v) is 19.2. The molecule has 0 saturated heterocycles. The molecule has 0 saturated carbocycles. The Morgan fingerprint density at radius 1 is 0.345 bits per heavy atom. The van der Waals surface area contributed by atoms with E-state index in [1.165, 1.54) is 0 Å². The van der Waals surface area contributed by atoms with E-state index in [-0.39, 0.29) is 0 Å². The molecule has 0 aliphatic carbocycles. The van der Waals surface area contributed by atoms with Crippen LogP contribution in [0.3, 0.4) is 0 Å². The van der Waals surface area contributed by atoms with Crippen LogP contribution in [0.25, 0.3) is 120 Å². The standard InChI is InChI=1S/C52H26N4O2/c53-27-31-22-44(56-42-16-8-6-14-36(42)38-24-40-50(26-46(38)56)58-48-20-18-30-10-2-4-12-34(30)52(40)48)32(28-54)21-43(31)55-41-15-7-5-13-35(41)37-23-39-49(25-45(37)55)57-47-19-17-29-9-1-3-11-33(29)51(39)47/h1-26H. The molecular formula is C52H26N4O2. The first-order chi connectivity index (χ1) is 28.7. The maximum Gasteiger partial charge on any atom is 0.137 e. The average molecular weight is 739 g/mol. The van der Waals surface area contributed by atoms with Gasteiger partial charge in [-0.15, -0.1) is 0 Å². The van der Waals surface area contributed by atoms with Crippen LogP contribution in [0.15, 0.2) is 167 Å². The van der Waals surface area contributed by atoms with Gasteiger partial charge in [-0.2, -0.15) is 10.5 Å². The molecule has 58 heavy (non-hydrogen) atoms. The van der Waals surface area contributed by atoms with Crippen molar-refractivity contribution in [3.05, 3.63) is 169 Å². The van der Waals surface area contributed by atoms with Gasteiger partial charge < -0.3 is 18.0 Å². The van der Waals surface area contributed by atoms with Crippen LogP contribution in [0, 0.1) is 22.7 Å². The van der Waals surface area contributed by atoms with Gasteiger partial charge in [0.15, 0.2) is 0 Å². The molecule has 266 valence electrons. The summed E-state index contributed by atoms with van der Waals surface area (Å²) in [6.45, 7) is 0. The Morgan fingerprint density at radius 3 is 1.21 bits per heavy atom. The molecule has 6 nitrogen and oxygen atoms in total. The van der Waals surface area contributed by atoms with Crippen molar-refractivity contribution < 1.29 is 8.83 Å². The molecular weight excluding hydrogens is 713 g/mol. The van der Waals surface area contributed by atoms with Crippen LogP contribution in [-0.4, -0.2) is 9.13 Å². The number of nitrogens with zero attached hydrogens (tertiary/aromatic N) is 4. The second kappa shape index (κ2) is 11.1. The van der Waals surface area contributed by atoms with Crippen LogP contribution >= 0.6 is 0 Å². The van der Waals surface area contributed by atoms with E-state index < -0.39 is 0 Å². The first-order valence-electron chi connectivity index (χ1n) is 19.2. The monoisotopic (exact) mass is 738 g/mol. The Morgan fingerprint density at radius 2 is 0.759 bits per heavy atom. The molecule has 0 amide bonds. The summed E-state index contributed by atoms with van der Waals surface area (Å²) in [6, 6.07) is 58.9. The van der Waals surface area contributed by atoms with Crippen molar-refractivity contribution in [3.63, 3.8) is 0 Å². The summed E-state index contributed by atoms with van der Waals surface area (Å²) < 4.78 is 17.3. The van der Waals surface area contributed by atoms with Crippen LogP contribution in [-0.2, 0) is 0 Å². The summed E-state index contributed by atoms with van der Waals surface area (Å²) in [4.78, 5) is 0. The molecule has 9 aromatic carbocycles. The van der Waals surface area contributed by atoms with Gasteiger partial charge in [-0.3, -0.25) is 0 Å². The van der Waals surface area contributed by atoms with Crippen LogP contribution in [0.2, 0.25) is 0 Å². The van der Waals surface area contributed by atoms with Gasteiger partial charge in [0.25, 0.3) is 0 Å². The number of hydrogen-bond donors (Lipinski definition) is 0. The molecule has 0 atom stereocenters. The van der Waals surface area contributed by atoms with Gasteiger partial charge in [-0.25, -0.2) is 0 Å². The molecule has 0 aliphatic heterocycles. The molecule has 4 aromatic heterocycles. The SMILES string of the molecule is N#Cc1cc(-n2c3ccccc3c3cc4c(cc32)oc2ccc3ccccc3c24)c(C#N)cc1-n1c2ccccc2c2cc3c(cc21)oc1ccc2ccccc2c13. The van der Waals surface area contributed by atoms with E-state index in [2.05, 4.69) is 130 Å². The number of benzene rings is 9. The molecule has 13 aromatic rings. The van der Waals surface area contributed by atoms with Crippen molar-refractivity contribution in [1.82, 2.24) is 9.13 Å². The van der Waals surface area contributed by atoms with Crippen molar-refractivity contribution in [2.75, 3.05) is 0 Å². The smallest absolute Gasteiger partial charge is 0.137 e.